The van der Waals surface area contributed by atoms with Gasteiger partial charge in [-0.1, -0.05) is 18.2 Å². The highest BCUT2D eigenvalue weighted by molar-refractivity contribution is 5.78. The molecule has 3 heteroatoms. The van der Waals surface area contributed by atoms with E-state index in [1.54, 1.807) is 31.5 Å². The van der Waals surface area contributed by atoms with Crippen LogP contribution < -0.4 is 4.74 Å². The van der Waals surface area contributed by atoms with Gasteiger partial charge < -0.3 is 4.74 Å². The Hall–Kier alpha value is -2.16. The van der Waals surface area contributed by atoms with Gasteiger partial charge in [-0.15, -0.1) is 0 Å². The largest absolute Gasteiger partial charge is 0.497 e. The van der Waals surface area contributed by atoms with Crippen LogP contribution in [0.2, 0.25) is 0 Å². The van der Waals surface area contributed by atoms with E-state index in [0.29, 0.717) is 5.56 Å². The molecule has 0 saturated carbocycles. The summed E-state index contributed by atoms with van der Waals surface area (Å²) in [4.78, 5) is 14.9. The lowest BCUT2D eigenvalue weighted by Crippen LogP contribution is -1.88. The molecule has 0 saturated heterocycles. The summed E-state index contributed by atoms with van der Waals surface area (Å²) in [6.07, 6.45) is 2.51. The number of carbonyl (C=O) groups excluding carboxylic acids is 1. The van der Waals surface area contributed by atoms with Crippen LogP contribution in [-0.4, -0.2) is 18.4 Å². The molecule has 0 atom stereocenters. The Morgan fingerprint density at radius 3 is 2.88 bits per heavy atom. The number of carbonyl (C=O) groups is 1. The predicted octanol–water partition coefficient (Wildman–Crippen LogP) is 2.57. The van der Waals surface area contributed by atoms with E-state index in [1.165, 1.54) is 0 Å². The monoisotopic (exact) mass is 213 g/mol. The van der Waals surface area contributed by atoms with Crippen molar-refractivity contribution in [3.63, 3.8) is 0 Å². The summed E-state index contributed by atoms with van der Waals surface area (Å²) < 4.78 is 5.12. The van der Waals surface area contributed by atoms with E-state index >= 15 is 0 Å². The number of aldehydes is 1. The van der Waals surface area contributed by atoms with Gasteiger partial charge in [0.05, 0.1) is 12.8 Å². The maximum absolute atomic E-state index is 10.7. The number of methoxy groups -OCH3 is 1. The van der Waals surface area contributed by atoms with Gasteiger partial charge in [0.2, 0.25) is 0 Å². The van der Waals surface area contributed by atoms with Crippen LogP contribution in [0.5, 0.6) is 5.75 Å². The highest BCUT2D eigenvalue weighted by Crippen LogP contribution is 2.21. The van der Waals surface area contributed by atoms with Gasteiger partial charge in [0.25, 0.3) is 0 Å². The molecule has 0 amide bonds. The second-order valence-corrected chi connectivity index (χ2v) is 3.32. The molecule has 0 radical (unpaired) electrons. The predicted molar refractivity (Wildman–Crippen MR) is 61.6 cm³/mol. The molecule has 2 rings (SSSR count). The molecule has 16 heavy (non-hydrogen) atoms. The Kier molecular flexibility index (Phi) is 2.96. The minimum absolute atomic E-state index is 0.641. The highest BCUT2D eigenvalue weighted by Gasteiger charge is 2.01. The van der Waals surface area contributed by atoms with E-state index in [1.807, 2.05) is 18.2 Å². The quantitative estimate of drug-likeness (QED) is 0.735. The Morgan fingerprint density at radius 2 is 2.12 bits per heavy atom. The molecular formula is C13H11NO2. The summed E-state index contributed by atoms with van der Waals surface area (Å²) in [5, 5.41) is 0. The van der Waals surface area contributed by atoms with Gasteiger partial charge in [0.1, 0.15) is 12.0 Å². The van der Waals surface area contributed by atoms with Crippen LogP contribution in [0.1, 0.15) is 10.4 Å². The third kappa shape index (κ3) is 2.08. The zero-order chi connectivity index (χ0) is 11.4. The van der Waals surface area contributed by atoms with Crippen molar-refractivity contribution in [1.29, 1.82) is 0 Å². The summed E-state index contributed by atoms with van der Waals surface area (Å²) in [7, 11) is 1.61. The molecule has 0 spiro atoms. The molecule has 80 valence electrons. The molecule has 0 aliphatic rings. The van der Waals surface area contributed by atoms with Gasteiger partial charge in [-0.05, 0) is 12.1 Å². The van der Waals surface area contributed by atoms with Crippen LogP contribution in [-0.2, 0) is 0 Å². The lowest BCUT2D eigenvalue weighted by atomic mass is 10.1. The lowest BCUT2D eigenvalue weighted by Gasteiger charge is -2.04. The maximum atomic E-state index is 10.7. The highest BCUT2D eigenvalue weighted by atomic mass is 16.5. The van der Waals surface area contributed by atoms with E-state index in [2.05, 4.69) is 4.98 Å². The Balaban J connectivity index is 2.45. The second-order valence-electron chi connectivity index (χ2n) is 3.32. The normalized spacial score (nSPS) is 9.81. The van der Waals surface area contributed by atoms with Crippen molar-refractivity contribution in [1.82, 2.24) is 4.98 Å². The molecule has 0 unspecified atom stereocenters. The summed E-state index contributed by atoms with van der Waals surface area (Å²) in [5.41, 5.74) is 2.34. The average Bonchev–Trinajstić information content (AvgIpc) is 2.39. The van der Waals surface area contributed by atoms with Crippen molar-refractivity contribution in [2.45, 2.75) is 0 Å². The number of benzene rings is 1. The molecule has 0 aliphatic carbocycles. The number of hydrogen-bond donors (Lipinski definition) is 0. The maximum Gasteiger partial charge on any atom is 0.150 e. The molecule has 0 N–H and O–H groups in total. The third-order valence-electron chi connectivity index (χ3n) is 2.29. The number of hydrogen-bond acceptors (Lipinski definition) is 3. The van der Waals surface area contributed by atoms with Gasteiger partial charge in [-0.3, -0.25) is 9.78 Å². The van der Waals surface area contributed by atoms with Crippen LogP contribution in [0.15, 0.2) is 42.6 Å². The van der Waals surface area contributed by atoms with Crippen LogP contribution in [0.25, 0.3) is 11.3 Å². The topological polar surface area (TPSA) is 39.2 Å². The van der Waals surface area contributed by atoms with Gasteiger partial charge in [-0.2, -0.15) is 0 Å². The van der Waals surface area contributed by atoms with Crippen molar-refractivity contribution in [2.24, 2.45) is 0 Å². The molecule has 3 nitrogen and oxygen atoms in total. The summed E-state index contributed by atoms with van der Waals surface area (Å²) >= 11 is 0. The van der Waals surface area contributed by atoms with Gasteiger partial charge in [-0.25, -0.2) is 0 Å². The zero-order valence-electron chi connectivity index (χ0n) is 8.88. The van der Waals surface area contributed by atoms with Crippen molar-refractivity contribution in [3.8, 4) is 17.0 Å². The lowest BCUT2D eigenvalue weighted by molar-refractivity contribution is 0.112. The number of pyridine rings is 1. The van der Waals surface area contributed by atoms with Crippen molar-refractivity contribution < 1.29 is 9.53 Å². The van der Waals surface area contributed by atoms with E-state index in [0.717, 1.165) is 23.3 Å². The first kappa shape index (κ1) is 10.4. The number of nitrogens with zero attached hydrogens (tertiary/aromatic N) is 1. The standard InChI is InChI=1S/C13H11NO2/c1-16-12-5-6-14-13(8-12)11-4-2-3-10(7-11)9-15/h2-9H,1H3. The van der Waals surface area contributed by atoms with Gasteiger partial charge >= 0.3 is 0 Å². The first-order chi connectivity index (χ1) is 7.83. The Labute approximate surface area is 93.7 Å². The zero-order valence-corrected chi connectivity index (χ0v) is 8.88. The fraction of sp³-hybridized carbons (Fsp3) is 0.0769. The molecule has 1 aromatic carbocycles. The fourth-order valence-corrected chi connectivity index (χ4v) is 1.47. The van der Waals surface area contributed by atoms with E-state index in [9.17, 15) is 4.79 Å². The van der Waals surface area contributed by atoms with Gasteiger partial charge in [0, 0.05) is 23.4 Å². The smallest absolute Gasteiger partial charge is 0.150 e. The van der Waals surface area contributed by atoms with Crippen molar-refractivity contribution >= 4 is 6.29 Å². The molecular weight excluding hydrogens is 202 g/mol. The SMILES string of the molecule is COc1ccnc(-c2cccc(C=O)c2)c1. The van der Waals surface area contributed by atoms with Gasteiger partial charge in [0.15, 0.2) is 0 Å². The average molecular weight is 213 g/mol. The van der Waals surface area contributed by atoms with Crippen LogP contribution in [0.4, 0.5) is 0 Å². The summed E-state index contributed by atoms with van der Waals surface area (Å²) in [5.74, 6) is 0.751. The summed E-state index contributed by atoms with van der Waals surface area (Å²) in [6.45, 7) is 0. The van der Waals surface area contributed by atoms with Crippen LogP contribution in [0, 0.1) is 0 Å². The first-order valence-electron chi connectivity index (χ1n) is 4.89. The van der Waals surface area contributed by atoms with E-state index in [-0.39, 0.29) is 0 Å². The molecule has 1 heterocycles. The molecule has 2 aromatic rings. The Bertz CT molecular complexity index is 509. The van der Waals surface area contributed by atoms with Crippen molar-refractivity contribution in [3.05, 3.63) is 48.2 Å². The second kappa shape index (κ2) is 4.57. The molecule has 0 fully saturated rings. The minimum atomic E-state index is 0.641. The van der Waals surface area contributed by atoms with Crippen molar-refractivity contribution in [2.75, 3.05) is 7.11 Å². The van der Waals surface area contributed by atoms with Crippen LogP contribution in [0.3, 0.4) is 0 Å². The first-order valence-corrected chi connectivity index (χ1v) is 4.89. The molecule has 1 aromatic heterocycles. The molecule has 0 bridgehead atoms. The number of rotatable bonds is 3. The summed E-state index contributed by atoms with van der Waals surface area (Å²) in [6, 6.07) is 10.9. The van der Waals surface area contributed by atoms with E-state index < -0.39 is 0 Å². The minimum Gasteiger partial charge on any atom is -0.497 e. The fourth-order valence-electron chi connectivity index (χ4n) is 1.47. The van der Waals surface area contributed by atoms with Crippen LogP contribution >= 0.6 is 0 Å². The van der Waals surface area contributed by atoms with E-state index in [4.69, 9.17) is 4.74 Å². The third-order valence-corrected chi connectivity index (χ3v) is 2.29. The number of aromatic nitrogens is 1. The molecule has 0 aliphatic heterocycles. The number of ether oxygens (including phenoxy) is 1. The Morgan fingerprint density at radius 1 is 1.25 bits per heavy atom.